The first-order chi connectivity index (χ1) is 12.5. The third-order valence-corrected chi connectivity index (χ3v) is 8.31. The largest absolute Gasteiger partial charge is 0.389 e. The Morgan fingerprint density at radius 1 is 1.19 bits per heavy atom. The minimum absolute atomic E-state index is 0.139. The second-order valence-corrected chi connectivity index (χ2v) is 9.40. The summed E-state index contributed by atoms with van der Waals surface area (Å²) in [7, 11) is 0. The first kappa shape index (κ1) is 16.7. The van der Waals surface area contributed by atoms with E-state index < -0.39 is 0 Å². The summed E-state index contributed by atoms with van der Waals surface area (Å²) in [6.45, 7) is 3.31. The number of hydrogen-bond donors (Lipinski definition) is 1. The number of benzene rings is 1. The van der Waals surface area contributed by atoms with Gasteiger partial charge in [0.15, 0.2) is 0 Å². The number of carbonyl (C=O) groups excluding carboxylic acids is 1. The Kier molecular flexibility index (Phi) is 3.72. The third-order valence-electron chi connectivity index (χ3n) is 8.31. The van der Waals surface area contributed by atoms with Crippen LogP contribution in [0.1, 0.15) is 44.6 Å². The van der Waals surface area contributed by atoms with Gasteiger partial charge in [0.05, 0.1) is 6.10 Å². The third kappa shape index (κ3) is 2.30. The highest BCUT2D eigenvalue weighted by Gasteiger charge is 2.60. The van der Waals surface area contributed by atoms with Gasteiger partial charge in [-0.15, -0.1) is 0 Å². The Morgan fingerprint density at radius 2 is 1.81 bits per heavy atom. The molecule has 1 amide bonds. The SMILES string of the molecule is CC1C2CC3CC1CC(C2)C3(CC(=O)N1CC(O)C1)c1cccc(F)c1. The zero-order valence-electron chi connectivity index (χ0n) is 15.4. The maximum atomic E-state index is 14.1. The molecule has 4 heteroatoms. The molecule has 4 saturated carbocycles. The van der Waals surface area contributed by atoms with Crippen LogP contribution in [0.3, 0.4) is 0 Å². The molecule has 4 aliphatic carbocycles. The molecule has 1 saturated heterocycles. The standard InChI is InChI=1S/C22H28FNO2/c1-13-14-5-17-7-15(13)8-18(6-14)22(17,16-3-2-4-19(23)9-16)10-21(26)24-11-20(25)12-24/h2-4,9,13-15,17-18,20,25H,5-8,10-12H2,1H3. The number of carbonyl (C=O) groups is 1. The zero-order chi connectivity index (χ0) is 18.1. The van der Waals surface area contributed by atoms with Gasteiger partial charge < -0.3 is 10.0 Å². The van der Waals surface area contributed by atoms with Crippen molar-refractivity contribution in [3.63, 3.8) is 0 Å². The minimum Gasteiger partial charge on any atom is -0.389 e. The molecule has 0 aromatic heterocycles. The summed E-state index contributed by atoms with van der Waals surface area (Å²) in [6.07, 6.45) is 4.83. The quantitative estimate of drug-likeness (QED) is 0.901. The number of likely N-dealkylation sites (tertiary alicyclic amines) is 1. The lowest BCUT2D eigenvalue weighted by Gasteiger charge is -2.64. The van der Waals surface area contributed by atoms with E-state index in [2.05, 4.69) is 6.92 Å². The number of hydrogen-bond acceptors (Lipinski definition) is 2. The van der Waals surface area contributed by atoms with Crippen LogP contribution in [-0.4, -0.2) is 35.1 Å². The van der Waals surface area contributed by atoms with Crippen LogP contribution in [-0.2, 0) is 10.2 Å². The number of aliphatic hydroxyl groups excluding tert-OH is 1. The van der Waals surface area contributed by atoms with Gasteiger partial charge in [-0.3, -0.25) is 4.79 Å². The monoisotopic (exact) mass is 357 g/mol. The first-order valence-corrected chi connectivity index (χ1v) is 10.2. The van der Waals surface area contributed by atoms with Crippen molar-refractivity contribution in [2.45, 2.75) is 50.5 Å². The summed E-state index contributed by atoms with van der Waals surface area (Å²) in [6, 6.07) is 7.04. The van der Waals surface area contributed by atoms with Crippen molar-refractivity contribution in [3.05, 3.63) is 35.6 Å². The Morgan fingerprint density at radius 3 is 2.35 bits per heavy atom. The first-order valence-electron chi connectivity index (χ1n) is 10.2. The number of nitrogens with zero attached hydrogens (tertiary/aromatic N) is 1. The molecule has 0 atom stereocenters. The molecule has 4 bridgehead atoms. The van der Waals surface area contributed by atoms with Gasteiger partial charge >= 0.3 is 0 Å². The Bertz CT molecular complexity index is 697. The number of β-amino-alcohol motifs (C(OH)–C–C–N with tert-alkyl or cyclic N) is 1. The predicted molar refractivity (Wildman–Crippen MR) is 96.9 cm³/mol. The molecule has 140 valence electrons. The molecule has 0 unspecified atom stereocenters. The highest BCUT2D eigenvalue weighted by Crippen LogP contribution is 2.65. The van der Waals surface area contributed by atoms with E-state index in [1.165, 1.54) is 31.7 Å². The van der Waals surface area contributed by atoms with Gasteiger partial charge in [-0.1, -0.05) is 19.1 Å². The summed E-state index contributed by atoms with van der Waals surface area (Å²) >= 11 is 0. The van der Waals surface area contributed by atoms with Crippen LogP contribution in [0.5, 0.6) is 0 Å². The second kappa shape index (κ2) is 5.79. The maximum Gasteiger partial charge on any atom is 0.223 e. The predicted octanol–water partition coefficient (Wildman–Crippen LogP) is 3.36. The fourth-order valence-corrected chi connectivity index (χ4v) is 6.93. The summed E-state index contributed by atoms with van der Waals surface area (Å²) in [5.41, 5.74) is 0.820. The van der Waals surface area contributed by atoms with Crippen molar-refractivity contribution < 1.29 is 14.3 Å². The molecular weight excluding hydrogens is 329 g/mol. The maximum absolute atomic E-state index is 14.1. The van der Waals surface area contributed by atoms with Gasteiger partial charge in [-0.05, 0) is 73.0 Å². The molecule has 3 nitrogen and oxygen atoms in total. The van der Waals surface area contributed by atoms with Gasteiger partial charge in [0.25, 0.3) is 0 Å². The van der Waals surface area contributed by atoms with Crippen molar-refractivity contribution in [1.82, 2.24) is 4.90 Å². The van der Waals surface area contributed by atoms with Crippen LogP contribution in [0.2, 0.25) is 0 Å². The normalized spacial score (nSPS) is 41.3. The summed E-state index contributed by atoms with van der Waals surface area (Å²) < 4.78 is 14.1. The highest BCUT2D eigenvalue weighted by molar-refractivity contribution is 5.79. The summed E-state index contributed by atoms with van der Waals surface area (Å²) in [4.78, 5) is 14.8. The van der Waals surface area contributed by atoms with E-state index in [4.69, 9.17) is 0 Å². The van der Waals surface area contributed by atoms with E-state index in [1.54, 1.807) is 17.0 Å². The molecule has 26 heavy (non-hydrogen) atoms. The lowest BCUT2D eigenvalue weighted by molar-refractivity contribution is -0.151. The van der Waals surface area contributed by atoms with Crippen LogP contribution >= 0.6 is 0 Å². The van der Waals surface area contributed by atoms with E-state index in [-0.39, 0.29) is 23.2 Å². The number of halogens is 1. The molecule has 1 aromatic rings. The van der Waals surface area contributed by atoms with Crippen molar-refractivity contribution >= 4 is 5.91 Å². The van der Waals surface area contributed by atoms with Crippen LogP contribution in [0, 0.1) is 35.4 Å². The second-order valence-electron chi connectivity index (χ2n) is 9.40. The molecule has 5 aliphatic rings. The Balaban J connectivity index is 1.53. The van der Waals surface area contributed by atoms with E-state index >= 15 is 0 Å². The van der Waals surface area contributed by atoms with Crippen molar-refractivity contribution in [3.8, 4) is 0 Å². The van der Waals surface area contributed by atoms with Gasteiger partial charge in [0, 0.05) is 24.9 Å². The number of aliphatic hydroxyl groups is 1. The molecular formula is C22H28FNO2. The lowest BCUT2D eigenvalue weighted by atomic mass is 9.41. The molecule has 1 N–H and O–H groups in total. The average molecular weight is 357 g/mol. The summed E-state index contributed by atoms with van der Waals surface area (Å²) in [5, 5.41) is 9.58. The van der Waals surface area contributed by atoms with E-state index in [9.17, 15) is 14.3 Å². The van der Waals surface area contributed by atoms with Gasteiger partial charge in [0.1, 0.15) is 5.82 Å². The molecule has 1 aromatic carbocycles. The van der Waals surface area contributed by atoms with Crippen molar-refractivity contribution in [2.24, 2.45) is 29.6 Å². The van der Waals surface area contributed by atoms with Crippen LogP contribution in [0.15, 0.2) is 24.3 Å². The Hall–Kier alpha value is -1.42. The van der Waals surface area contributed by atoms with Gasteiger partial charge in [0.2, 0.25) is 5.91 Å². The molecule has 1 heterocycles. The zero-order valence-corrected chi connectivity index (χ0v) is 15.4. The number of rotatable bonds is 3. The van der Waals surface area contributed by atoms with E-state index in [0.29, 0.717) is 31.3 Å². The molecule has 0 radical (unpaired) electrons. The van der Waals surface area contributed by atoms with Gasteiger partial charge in [-0.25, -0.2) is 4.39 Å². The molecule has 1 aliphatic heterocycles. The minimum atomic E-state index is -0.372. The molecule has 6 rings (SSSR count). The van der Waals surface area contributed by atoms with E-state index in [1.807, 2.05) is 6.07 Å². The van der Waals surface area contributed by atoms with Crippen LogP contribution in [0.4, 0.5) is 4.39 Å². The lowest BCUT2D eigenvalue weighted by Crippen LogP contribution is -2.61. The summed E-state index contributed by atoms with van der Waals surface area (Å²) in [5.74, 6) is 3.27. The average Bonchev–Trinajstić information content (AvgIpc) is 2.57. The van der Waals surface area contributed by atoms with Crippen LogP contribution in [0.25, 0.3) is 0 Å². The highest BCUT2D eigenvalue weighted by atomic mass is 19.1. The smallest absolute Gasteiger partial charge is 0.223 e. The van der Waals surface area contributed by atoms with Gasteiger partial charge in [-0.2, -0.15) is 0 Å². The number of amides is 1. The fourth-order valence-electron chi connectivity index (χ4n) is 6.93. The van der Waals surface area contributed by atoms with Crippen molar-refractivity contribution in [2.75, 3.05) is 13.1 Å². The molecule has 0 spiro atoms. The molecule has 5 fully saturated rings. The topological polar surface area (TPSA) is 40.5 Å². The van der Waals surface area contributed by atoms with E-state index in [0.717, 1.165) is 23.3 Å². The van der Waals surface area contributed by atoms with Crippen LogP contribution < -0.4 is 0 Å². The fraction of sp³-hybridized carbons (Fsp3) is 0.682. The van der Waals surface area contributed by atoms with Crippen molar-refractivity contribution in [1.29, 1.82) is 0 Å². The Labute approximate surface area is 154 Å².